The van der Waals surface area contributed by atoms with Crippen molar-refractivity contribution < 1.29 is 23.9 Å². The minimum absolute atomic E-state index is 0.0589. The fourth-order valence-electron chi connectivity index (χ4n) is 4.65. The average Bonchev–Trinajstić information content (AvgIpc) is 3.28. The Morgan fingerprint density at radius 1 is 0.962 bits per heavy atom. The molecule has 0 aliphatic heterocycles. The summed E-state index contributed by atoms with van der Waals surface area (Å²) in [6.07, 6.45) is 0.362. The zero-order chi connectivity index (χ0) is 19.5. The van der Waals surface area contributed by atoms with Gasteiger partial charge in [-0.25, -0.2) is 0 Å². The number of ketones is 1. The molecule has 2 atom stereocenters. The first-order valence-electron chi connectivity index (χ1n) is 9.30. The predicted octanol–water partition coefficient (Wildman–Crippen LogP) is 3.66. The molecule has 2 rings (SSSR count). The van der Waals surface area contributed by atoms with Gasteiger partial charge in [0.05, 0.1) is 18.6 Å². The molecule has 1 fully saturated rings. The van der Waals surface area contributed by atoms with Crippen LogP contribution in [-0.2, 0) is 19.1 Å². The number of carbonyl (C=O) groups is 3. The van der Waals surface area contributed by atoms with Gasteiger partial charge in [-0.2, -0.15) is 0 Å². The molecular weight excluding hydrogens is 332 g/mol. The van der Waals surface area contributed by atoms with Crippen LogP contribution in [-0.4, -0.2) is 30.9 Å². The topological polar surface area (TPSA) is 69.7 Å². The van der Waals surface area contributed by atoms with Crippen molar-refractivity contribution in [2.45, 2.75) is 41.0 Å². The van der Waals surface area contributed by atoms with Crippen LogP contribution in [0, 0.1) is 22.7 Å². The van der Waals surface area contributed by atoms with Gasteiger partial charge in [0.2, 0.25) is 0 Å². The monoisotopic (exact) mass is 360 g/mol. The number of rotatable bonds is 8. The minimum Gasteiger partial charge on any atom is -0.465 e. The molecule has 0 spiro atoms. The fourth-order valence-corrected chi connectivity index (χ4v) is 4.65. The van der Waals surface area contributed by atoms with Crippen LogP contribution in [0.5, 0.6) is 0 Å². The Hall–Kier alpha value is -2.17. The van der Waals surface area contributed by atoms with Crippen LogP contribution in [0.4, 0.5) is 0 Å². The smallest absolute Gasteiger partial charge is 0.324 e. The van der Waals surface area contributed by atoms with E-state index in [9.17, 15) is 14.4 Å². The summed E-state index contributed by atoms with van der Waals surface area (Å²) in [5.41, 5.74) is -2.22. The van der Waals surface area contributed by atoms with Gasteiger partial charge in [0, 0.05) is 11.5 Å². The van der Waals surface area contributed by atoms with E-state index < -0.39 is 28.7 Å². The van der Waals surface area contributed by atoms with Gasteiger partial charge in [-0.15, -0.1) is 0 Å². The van der Waals surface area contributed by atoms with E-state index in [1.807, 2.05) is 26.8 Å². The number of carbonyl (C=O) groups excluding carboxylic acids is 3. The second kappa shape index (κ2) is 7.60. The van der Waals surface area contributed by atoms with E-state index in [1.54, 1.807) is 38.1 Å². The fraction of sp³-hybridized carbons (Fsp3) is 0.571. The summed E-state index contributed by atoms with van der Waals surface area (Å²) in [7, 11) is 0. The Bertz CT molecular complexity index is 661. The summed E-state index contributed by atoms with van der Waals surface area (Å²) in [6, 6.07) is 8.82. The van der Waals surface area contributed by atoms with Crippen LogP contribution < -0.4 is 0 Å². The lowest BCUT2D eigenvalue weighted by atomic mass is 9.82. The molecule has 0 radical (unpaired) electrons. The highest BCUT2D eigenvalue weighted by Crippen LogP contribution is 2.75. The third kappa shape index (κ3) is 2.65. The maximum Gasteiger partial charge on any atom is 0.324 e. The molecule has 5 nitrogen and oxygen atoms in total. The third-order valence-corrected chi connectivity index (χ3v) is 5.48. The summed E-state index contributed by atoms with van der Waals surface area (Å²) < 4.78 is 10.5. The van der Waals surface area contributed by atoms with E-state index in [-0.39, 0.29) is 24.9 Å². The molecule has 0 N–H and O–H groups in total. The molecule has 1 aromatic carbocycles. The number of ether oxygens (including phenoxy) is 2. The third-order valence-electron chi connectivity index (χ3n) is 5.48. The summed E-state index contributed by atoms with van der Waals surface area (Å²) in [4.78, 5) is 39.5. The van der Waals surface area contributed by atoms with Gasteiger partial charge < -0.3 is 9.47 Å². The van der Waals surface area contributed by atoms with Crippen LogP contribution in [0.1, 0.15) is 51.4 Å². The number of esters is 2. The van der Waals surface area contributed by atoms with Crippen LogP contribution in [0.15, 0.2) is 30.3 Å². The summed E-state index contributed by atoms with van der Waals surface area (Å²) in [6.45, 7) is 9.36. The summed E-state index contributed by atoms with van der Waals surface area (Å²) in [5.74, 6) is -2.01. The molecular formula is C21H28O5. The summed E-state index contributed by atoms with van der Waals surface area (Å²) >= 11 is 0. The molecule has 0 saturated heterocycles. The van der Waals surface area contributed by atoms with Crippen LogP contribution >= 0.6 is 0 Å². The Labute approximate surface area is 155 Å². The van der Waals surface area contributed by atoms with Crippen molar-refractivity contribution in [3.8, 4) is 0 Å². The van der Waals surface area contributed by atoms with Crippen molar-refractivity contribution >= 4 is 17.7 Å². The van der Waals surface area contributed by atoms with E-state index in [0.717, 1.165) is 0 Å². The highest BCUT2D eigenvalue weighted by molar-refractivity contribution is 6.17. The molecule has 0 aromatic heterocycles. The predicted molar refractivity (Wildman–Crippen MR) is 97.5 cm³/mol. The van der Waals surface area contributed by atoms with Gasteiger partial charge in [0.15, 0.2) is 11.2 Å². The molecule has 1 aliphatic carbocycles. The quantitative estimate of drug-likeness (QED) is 0.402. The van der Waals surface area contributed by atoms with Crippen molar-refractivity contribution in [3.63, 3.8) is 0 Å². The maximum absolute atomic E-state index is 13.5. The normalized spacial score (nSPS) is 23.4. The Morgan fingerprint density at radius 2 is 1.46 bits per heavy atom. The van der Waals surface area contributed by atoms with Crippen LogP contribution in [0.3, 0.4) is 0 Å². The van der Waals surface area contributed by atoms with Crippen LogP contribution in [0.25, 0.3) is 0 Å². The Morgan fingerprint density at radius 3 is 1.85 bits per heavy atom. The number of hydrogen-bond donors (Lipinski definition) is 0. The first kappa shape index (κ1) is 20.1. The second-order valence-electron chi connectivity index (χ2n) is 6.99. The highest BCUT2D eigenvalue weighted by atomic mass is 16.6. The lowest BCUT2D eigenvalue weighted by molar-refractivity contribution is -0.167. The molecule has 0 unspecified atom stereocenters. The molecule has 0 bridgehead atoms. The SMILES string of the molecule is CCOC(=O)C1(C(=O)OCC)[C@H](C(C)C)[C@@]1(CC)C(=O)c1ccccc1. The van der Waals surface area contributed by atoms with Gasteiger partial charge in [-0.3, -0.25) is 14.4 Å². The van der Waals surface area contributed by atoms with Crippen molar-refractivity contribution in [2.75, 3.05) is 13.2 Å². The van der Waals surface area contributed by atoms with Crippen molar-refractivity contribution in [2.24, 2.45) is 22.7 Å². The van der Waals surface area contributed by atoms with Crippen molar-refractivity contribution in [1.82, 2.24) is 0 Å². The van der Waals surface area contributed by atoms with E-state index in [2.05, 4.69) is 0 Å². The zero-order valence-electron chi connectivity index (χ0n) is 16.2. The maximum atomic E-state index is 13.5. The van der Waals surface area contributed by atoms with Crippen molar-refractivity contribution in [3.05, 3.63) is 35.9 Å². The standard InChI is InChI=1S/C21H28O5/c1-6-20(17(22)15-12-10-9-11-13-15)16(14(4)5)21(20,18(23)25-7-2)19(24)26-8-3/h9-14,16H,6-8H2,1-5H3/t16-,20+/m1/s1. The van der Waals surface area contributed by atoms with E-state index in [1.165, 1.54) is 0 Å². The lowest BCUT2D eigenvalue weighted by Gasteiger charge is -2.21. The second-order valence-corrected chi connectivity index (χ2v) is 6.99. The largest absolute Gasteiger partial charge is 0.465 e. The average molecular weight is 360 g/mol. The number of Topliss-reactive ketones (excluding diaryl/α,β-unsaturated/α-hetero) is 1. The first-order valence-corrected chi connectivity index (χ1v) is 9.30. The van der Waals surface area contributed by atoms with E-state index >= 15 is 0 Å². The lowest BCUT2D eigenvalue weighted by Crippen LogP contribution is -2.38. The summed E-state index contributed by atoms with van der Waals surface area (Å²) in [5, 5.41) is 0. The molecule has 0 heterocycles. The van der Waals surface area contributed by atoms with Crippen molar-refractivity contribution in [1.29, 1.82) is 0 Å². The van der Waals surface area contributed by atoms with Crippen LogP contribution in [0.2, 0.25) is 0 Å². The molecule has 1 aromatic rings. The van der Waals surface area contributed by atoms with E-state index in [0.29, 0.717) is 12.0 Å². The zero-order valence-corrected chi connectivity index (χ0v) is 16.2. The molecule has 142 valence electrons. The van der Waals surface area contributed by atoms with Gasteiger partial charge >= 0.3 is 11.9 Å². The molecule has 26 heavy (non-hydrogen) atoms. The highest BCUT2D eigenvalue weighted by Gasteiger charge is 2.88. The van der Waals surface area contributed by atoms with Gasteiger partial charge in [0.1, 0.15) is 0 Å². The number of benzene rings is 1. The molecule has 1 saturated carbocycles. The minimum atomic E-state index is -1.57. The first-order chi connectivity index (χ1) is 12.4. The Balaban J connectivity index is 2.65. The Kier molecular flexibility index (Phi) is 5.89. The molecule has 5 heteroatoms. The van der Waals surface area contributed by atoms with Gasteiger partial charge in [-0.1, -0.05) is 51.1 Å². The molecule has 1 aliphatic rings. The van der Waals surface area contributed by atoms with Gasteiger partial charge in [0.25, 0.3) is 0 Å². The van der Waals surface area contributed by atoms with Gasteiger partial charge in [-0.05, 0) is 26.2 Å². The molecule has 0 amide bonds. The van der Waals surface area contributed by atoms with E-state index in [4.69, 9.17) is 9.47 Å². The number of hydrogen-bond acceptors (Lipinski definition) is 5.